The fourth-order valence-electron chi connectivity index (χ4n) is 2.07. The van der Waals surface area contributed by atoms with Gasteiger partial charge in [0, 0.05) is 5.56 Å². The molecule has 0 saturated carbocycles. The summed E-state index contributed by atoms with van der Waals surface area (Å²) >= 11 is 1.20. The molecule has 1 aromatic heterocycles. The number of carbonyl (C=O) groups is 1. The zero-order valence-electron chi connectivity index (χ0n) is 11.3. The molecule has 19 heavy (non-hydrogen) atoms. The molecule has 0 amide bonds. The second-order valence-electron chi connectivity index (χ2n) is 4.58. The zero-order valence-corrected chi connectivity index (χ0v) is 12.2. The minimum atomic E-state index is 0.0522. The smallest absolute Gasteiger partial charge is 0.206 e. The highest BCUT2D eigenvalue weighted by Gasteiger charge is 2.17. The van der Waals surface area contributed by atoms with Gasteiger partial charge < -0.3 is 0 Å². The molecule has 2 rings (SSSR count). The van der Waals surface area contributed by atoms with Gasteiger partial charge >= 0.3 is 0 Å². The molecule has 0 atom stereocenters. The number of aromatic nitrogens is 2. The van der Waals surface area contributed by atoms with Gasteiger partial charge in [0.25, 0.3) is 0 Å². The molecule has 4 heteroatoms. The molecule has 0 radical (unpaired) electrons. The summed E-state index contributed by atoms with van der Waals surface area (Å²) in [5, 5.41) is 4.06. The van der Waals surface area contributed by atoms with Gasteiger partial charge in [0.2, 0.25) is 5.78 Å². The van der Waals surface area contributed by atoms with Gasteiger partial charge in [0.15, 0.2) is 0 Å². The lowest BCUT2D eigenvalue weighted by Crippen LogP contribution is -2.03. The molecule has 100 valence electrons. The molecule has 1 heterocycles. The van der Waals surface area contributed by atoms with Gasteiger partial charge in [0.1, 0.15) is 4.88 Å². The van der Waals surface area contributed by atoms with Crippen LogP contribution in [0, 0.1) is 0 Å². The lowest BCUT2D eigenvalue weighted by molar-refractivity contribution is 0.104. The maximum Gasteiger partial charge on any atom is 0.206 e. The first-order valence-electron chi connectivity index (χ1n) is 6.71. The van der Waals surface area contributed by atoms with E-state index in [-0.39, 0.29) is 5.78 Å². The number of nitrogens with zero attached hydrogens (tertiary/aromatic N) is 2. The first-order chi connectivity index (χ1) is 9.26. The van der Waals surface area contributed by atoms with Gasteiger partial charge in [-0.1, -0.05) is 49.4 Å². The first-order valence-corrected chi connectivity index (χ1v) is 7.48. The van der Waals surface area contributed by atoms with Crippen LogP contribution in [0.1, 0.15) is 53.2 Å². The third kappa shape index (κ3) is 3.26. The summed E-state index contributed by atoms with van der Waals surface area (Å²) in [6.07, 6.45) is 3.87. The number of benzene rings is 1. The molecule has 1 aromatic carbocycles. The van der Waals surface area contributed by atoms with E-state index in [0.29, 0.717) is 4.88 Å². The second kappa shape index (κ2) is 6.57. The highest BCUT2D eigenvalue weighted by Crippen LogP contribution is 2.19. The predicted molar refractivity (Wildman–Crippen MR) is 77.8 cm³/mol. The molecule has 0 aliphatic heterocycles. The molecule has 0 unspecified atom stereocenters. The Morgan fingerprint density at radius 1 is 1.21 bits per heavy atom. The molecule has 0 spiro atoms. The van der Waals surface area contributed by atoms with Crippen LogP contribution in [0.3, 0.4) is 0 Å². The Morgan fingerprint density at radius 2 is 2.00 bits per heavy atom. The van der Waals surface area contributed by atoms with Crippen molar-refractivity contribution in [2.24, 2.45) is 0 Å². The molecule has 0 aliphatic carbocycles. The van der Waals surface area contributed by atoms with Gasteiger partial charge in [-0.05, 0) is 36.0 Å². The SMILES string of the molecule is CCCc1cccc(C(=O)c2snnc2CCC)c1. The molecule has 0 fully saturated rings. The fourth-order valence-corrected chi connectivity index (χ4v) is 2.74. The van der Waals surface area contributed by atoms with Crippen molar-refractivity contribution in [3.63, 3.8) is 0 Å². The van der Waals surface area contributed by atoms with Crippen LogP contribution in [-0.4, -0.2) is 15.4 Å². The van der Waals surface area contributed by atoms with Gasteiger partial charge in [-0.15, -0.1) is 5.10 Å². The van der Waals surface area contributed by atoms with Gasteiger partial charge in [0.05, 0.1) is 5.69 Å². The zero-order chi connectivity index (χ0) is 13.7. The average molecular weight is 274 g/mol. The number of hydrogen-bond donors (Lipinski definition) is 0. The summed E-state index contributed by atoms with van der Waals surface area (Å²) in [5.41, 5.74) is 2.79. The highest BCUT2D eigenvalue weighted by molar-refractivity contribution is 7.08. The van der Waals surface area contributed by atoms with E-state index >= 15 is 0 Å². The van der Waals surface area contributed by atoms with Crippen molar-refractivity contribution < 1.29 is 4.79 Å². The van der Waals surface area contributed by atoms with Crippen molar-refractivity contribution in [1.29, 1.82) is 0 Å². The van der Waals surface area contributed by atoms with Crippen LogP contribution in [0.2, 0.25) is 0 Å². The van der Waals surface area contributed by atoms with Crippen molar-refractivity contribution in [3.8, 4) is 0 Å². The van der Waals surface area contributed by atoms with Crippen LogP contribution in [-0.2, 0) is 12.8 Å². The van der Waals surface area contributed by atoms with E-state index in [1.165, 1.54) is 17.1 Å². The van der Waals surface area contributed by atoms with E-state index < -0.39 is 0 Å². The second-order valence-corrected chi connectivity index (χ2v) is 5.33. The van der Waals surface area contributed by atoms with Crippen LogP contribution < -0.4 is 0 Å². The van der Waals surface area contributed by atoms with Crippen molar-refractivity contribution in [3.05, 3.63) is 46.0 Å². The topological polar surface area (TPSA) is 42.9 Å². The Kier molecular flexibility index (Phi) is 4.80. The molecular weight excluding hydrogens is 256 g/mol. The number of hydrogen-bond acceptors (Lipinski definition) is 4. The van der Waals surface area contributed by atoms with Crippen LogP contribution in [0.15, 0.2) is 24.3 Å². The van der Waals surface area contributed by atoms with Crippen LogP contribution in [0.4, 0.5) is 0 Å². The standard InChI is InChI=1S/C15H18N2OS/c1-3-6-11-8-5-9-12(10-11)14(18)15-13(7-4-2)16-17-19-15/h5,8-10H,3-4,6-7H2,1-2H3. The largest absolute Gasteiger partial charge is 0.288 e. The van der Waals surface area contributed by atoms with Crippen molar-refractivity contribution in [2.75, 3.05) is 0 Å². The molecule has 2 aromatic rings. The Balaban J connectivity index is 2.28. The minimum Gasteiger partial charge on any atom is -0.288 e. The molecular formula is C15H18N2OS. The predicted octanol–water partition coefficient (Wildman–Crippen LogP) is 3.67. The van der Waals surface area contributed by atoms with E-state index in [2.05, 4.69) is 29.5 Å². The molecule has 0 N–H and O–H groups in total. The molecule has 0 saturated heterocycles. The highest BCUT2D eigenvalue weighted by atomic mass is 32.1. The lowest BCUT2D eigenvalue weighted by atomic mass is 10.0. The number of aryl methyl sites for hydroxylation is 2. The third-order valence-corrected chi connectivity index (χ3v) is 3.74. The number of carbonyl (C=O) groups excluding carboxylic acids is 1. The van der Waals surface area contributed by atoms with E-state index in [0.717, 1.165) is 36.9 Å². The maximum absolute atomic E-state index is 12.5. The van der Waals surface area contributed by atoms with Gasteiger partial charge in [-0.25, -0.2) is 0 Å². The normalized spacial score (nSPS) is 10.6. The summed E-state index contributed by atoms with van der Waals surface area (Å²) in [5.74, 6) is 0.0522. The monoisotopic (exact) mass is 274 g/mol. The Bertz CT molecular complexity index is 563. The third-order valence-electron chi connectivity index (χ3n) is 2.98. The van der Waals surface area contributed by atoms with Crippen LogP contribution in [0.5, 0.6) is 0 Å². The summed E-state index contributed by atoms with van der Waals surface area (Å²) in [6, 6.07) is 7.88. The summed E-state index contributed by atoms with van der Waals surface area (Å²) in [4.78, 5) is 13.2. The van der Waals surface area contributed by atoms with E-state index in [9.17, 15) is 4.79 Å². The quantitative estimate of drug-likeness (QED) is 0.755. The molecule has 3 nitrogen and oxygen atoms in total. The number of rotatable bonds is 6. The Hall–Kier alpha value is -1.55. The Morgan fingerprint density at radius 3 is 2.74 bits per heavy atom. The molecule has 0 bridgehead atoms. The summed E-state index contributed by atoms with van der Waals surface area (Å²) in [6.45, 7) is 4.22. The van der Waals surface area contributed by atoms with Gasteiger partial charge in [-0.3, -0.25) is 4.79 Å². The summed E-state index contributed by atoms with van der Waals surface area (Å²) in [7, 11) is 0. The van der Waals surface area contributed by atoms with E-state index in [1.54, 1.807) is 0 Å². The van der Waals surface area contributed by atoms with Crippen molar-refractivity contribution in [2.45, 2.75) is 39.5 Å². The van der Waals surface area contributed by atoms with E-state index in [1.807, 2.05) is 18.2 Å². The van der Waals surface area contributed by atoms with Crippen molar-refractivity contribution in [1.82, 2.24) is 9.59 Å². The first kappa shape index (κ1) is 13.9. The Labute approximate surface area is 117 Å². The fraction of sp³-hybridized carbons (Fsp3) is 0.400. The van der Waals surface area contributed by atoms with Crippen LogP contribution in [0.25, 0.3) is 0 Å². The number of ketones is 1. The molecule has 0 aliphatic rings. The minimum absolute atomic E-state index is 0.0522. The van der Waals surface area contributed by atoms with Crippen LogP contribution >= 0.6 is 11.5 Å². The average Bonchev–Trinajstić information content (AvgIpc) is 2.87. The maximum atomic E-state index is 12.5. The van der Waals surface area contributed by atoms with Crippen molar-refractivity contribution >= 4 is 17.3 Å². The van der Waals surface area contributed by atoms with E-state index in [4.69, 9.17) is 0 Å². The van der Waals surface area contributed by atoms with Gasteiger partial charge in [-0.2, -0.15) is 0 Å². The summed E-state index contributed by atoms with van der Waals surface area (Å²) < 4.78 is 3.92. The lowest BCUT2D eigenvalue weighted by Gasteiger charge is -2.03.